The Labute approximate surface area is 162 Å². The van der Waals surface area contributed by atoms with Crippen molar-refractivity contribution in [3.05, 3.63) is 29.3 Å². The number of piperazine rings is 1. The maximum absolute atomic E-state index is 12.2. The fraction of sp³-hybridized carbons (Fsp3) is 0.562. The normalized spacial score (nSPS) is 16.7. The van der Waals surface area contributed by atoms with Crippen LogP contribution >= 0.6 is 37.2 Å². The summed E-state index contributed by atoms with van der Waals surface area (Å²) in [7, 11) is 2.15. The van der Waals surface area contributed by atoms with E-state index in [1.807, 2.05) is 18.2 Å². The highest BCUT2D eigenvalue weighted by Gasteiger charge is 2.15. The van der Waals surface area contributed by atoms with Gasteiger partial charge in [-0.25, -0.2) is 0 Å². The monoisotopic (exact) mass is 396 g/mol. The van der Waals surface area contributed by atoms with Crippen molar-refractivity contribution in [1.82, 2.24) is 15.1 Å². The Bertz CT molecular complexity index is 522. The molecule has 0 spiro atoms. The van der Waals surface area contributed by atoms with Gasteiger partial charge in [-0.05, 0) is 37.2 Å². The van der Waals surface area contributed by atoms with Crippen molar-refractivity contribution < 1.29 is 4.79 Å². The number of carbonyl (C=O) groups is 1. The van der Waals surface area contributed by atoms with E-state index in [0.717, 1.165) is 57.8 Å². The molecule has 0 unspecified atom stereocenters. The van der Waals surface area contributed by atoms with Gasteiger partial charge in [-0.15, -0.1) is 37.2 Å². The van der Waals surface area contributed by atoms with Gasteiger partial charge in [-0.1, -0.05) is 0 Å². The Balaban J connectivity index is 0.00000176. The molecule has 24 heavy (non-hydrogen) atoms. The number of anilines is 1. The Hall–Kier alpha value is -0.720. The van der Waals surface area contributed by atoms with Gasteiger partial charge in [0.25, 0.3) is 5.91 Å². The minimum absolute atomic E-state index is 0. The first-order valence-corrected chi connectivity index (χ1v) is 7.78. The summed E-state index contributed by atoms with van der Waals surface area (Å²) in [6.45, 7) is 7.05. The quantitative estimate of drug-likeness (QED) is 0.814. The van der Waals surface area contributed by atoms with Gasteiger partial charge in [0.1, 0.15) is 0 Å². The Morgan fingerprint density at radius 2 is 1.88 bits per heavy atom. The number of benzene rings is 1. The third kappa shape index (κ3) is 5.97. The summed E-state index contributed by atoms with van der Waals surface area (Å²) in [4.78, 5) is 16.9. The van der Waals surface area contributed by atoms with Crippen LogP contribution in [0.25, 0.3) is 0 Å². The zero-order chi connectivity index (χ0) is 14.7. The molecule has 0 aliphatic carbocycles. The molecule has 2 aliphatic rings. The zero-order valence-electron chi connectivity index (χ0n) is 13.9. The van der Waals surface area contributed by atoms with Crippen LogP contribution in [-0.2, 0) is 6.42 Å². The molecule has 1 aromatic carbocycles. The predicted molar refractivity (Wildman–Crippen MR) is 107 cm³/mol. The molecule has 0 aromatic heterocycles. The van der Waals surface area contributed by atoms with E-state index in [-0.39, 0.29) is 43.1 Å². The number of nitrogens with zero attached hydrogens (tertiary/aromatic N) is 2. The van der Waals surface area contributed by atoms with E-state index >= 15 is 0 Å². The zero-order valence-corrected chi connectivity index (χ0v) is 16.4. The number of rotatable bonds is 4. The predicted octanol–water partition coefficient (Wildman–Crippen LogP) is 1.90. The number of fused-ring (bicyclic) bond motifs is 1. The first kappa shape index (κ1) is 23.3. The lowest BCUT2D eigenvalue weighted by Gasteiger charge is -2.32. The van der Waals surface area contributed by atoms with Crippen LogP contribution in [0.15, 0.2) is 18.2 Å². The summed E-state index contributed by atoms with van der Waals surface area (Å²) in [6.07, 6.45) is 1.01. The van der Waals surface area contributed by atoms with Crippen LogP contribution < -0.4 is 10.6 Å². The molecule has 1 aromatic rings. The lowest BCUT2D eigenvalue weighted by Crippen LogP contribution is -2.46. The maximum Gasteiger partial charge on any atom is 0.251 e. The molecule has 2 N–H and O–H groups in total. The molecule has 3 rings (SSSR count). The Kier molecular flexibility index (Phi) is 10.7. The highest BCUT2D eigenvalue weighted by Crippen LogP contribution is 2.22. The van der Waals surface area contributed by atoms with Crippen molar-refractivity contribution in [3.63, 3.8) is 0 Å². The molecule has 138 valence electrons. The van der Waals surface area contributed by atoms with E-state index in [0.29, 0.717) is 0 Å². The Morgan fingerprint density at radius 3 is 2.58 bits per heavy atom. The van der Waals surface area contributed by atoms with Gasteiger partial charge in [-0.2, -0.15) is 0 Å². The van der Waals surface area contributed by atoms with Crippen molar-refractivity contribution >= 4 is 48.8 Å². The minimum atomic E-state index is 0. The maximum atomic E-state index is 12.2. The lowest BCUT2D eigenvalue weighted by molar-refractivity contribution is 0.0941. The molecule has 0 bridgehead atoms. The number of carbonyl (C=O) groups excluding carboxylic acids is 1. The SMILES string of the molecule is CN1CCN(CCNC(=O)c2ccc3c(c2)CCN3)CC1.Cl.Cl.Cl. The minimum Gasteiger partial charge on any atom is -0.384 e. The molecular formula is C16H27Cl3N4O. The molecule has 2 heterocycles. The third-order valence-corrected chi connectivity index (χ3v) is 4.39. The van der Waals surface area contributed by atoms with Crippen LogP contribution in [0, 0.1) is 0 Å². The largest absolute Gasteiger partial charge is 0.384 e. The molecule has 0 saturated carbocycles. The van der Waals surface area contributed by atoms with Crippen molar-refractivity contribution in [2.45, 2.75) is 6.42 Å². The van der Waals surface area contributed by atoms with Crippen LogP contribution in [-0.4, -0.2) is 68.6 Å². The van der Waals surface area contributed by atoms with Gasteiger partial charge < -0.3 is 15.5 Å². The van der Waals surface area contributed by atoms with Gasteiger partial charge in [0.2, 0.25) is 0 Å². The molecule has 0 atom stereocenters. The standard InChI is InChI=1S/C16H24N4O.3ClH/c1-19-8-10-20(11-9-19)7-6-18-16(21)14-2-3-15-13(12-14)4-5-17-15;;;/h2-3,12,17H,4-11H2,1H3,(H,18,21);3*1H. The second kappa shape index (κ2) is 11.0. The summed E-state index contributed by atoms with van der Waals surface area (Å²) in [5.74, 6) is 0.0406. The lowest BCUT2D eigenvalue weighted by atomic mass is 10.1. The summed E-state index contributed by atoms with van der Waals surface area (Å²) in [6, 6.07) is 5.93. The summed E-state index contributed by atoms with van der Waals surface area (Å²) in [5.41, 5.74) is 3.20. The number of nitrogens with one attached hydrogen (secondary N) is 2. The van der Waals surface area contributed by atoms with Gasteiger partial charge in [0, 0.05) is 57.1 Å². The van der Waals surface area contributed by atoms with Crippen LogP contribution in [0.2, 0.25) is 0 Å². The molecule has 1 fully saturated rings. The van der Waals surface area contributed by atoms with Crippen molar-refractivity contribution in [3.8, 4) is 0 Å². The first-order valence-electron chi connectivity index (χ1n) is 7.78. The Morgan fingerprint density at radius 1 is 1.17 bits per heavy atom. The highest BCUT2D eigenvalue weighted by atomic mass is 35.5. The van der Waals surface area contributed by atoms with E-state index in [1.54, 1.807) is 0 Å². The number of halogens is 3. The van der Waals surface area contributed by atoms with Crippen LogP contribution in [0.3, 0.4) is 0 Å². The summed E-state index contributed by atoms with van der Waals surface area (Å²) < 4.78 is 0. The average molecular weight is 398 g/mol. The second-order valence-electron chi connectivity index (χ2n) is 5.95. The summed E-state index contributed by atoms with van der Waals surface area (Å²) in [5, 5.41) is 6.35. The first-order chi connectivity index (χ1) is 10.2. The highest BCUT2D eigenvalue weighted by molar-refractivity contribution is 5.95. The summed E-state index contributed by atoms with van der Waals surface area (Å²) >= 11 is 0. The van der Waals surface area contributed by atoms with Crippen LogP contribution in [0.1, 0.15) is 15.9 Å². The van der Waals surface area contributed by atoms with Crippen molar-refractivity contribution in [2.24, 2.45) is 0 Å². The molecule has 8 heteroatoms. The van der Waals surface area contributed by atoms with E-state index in [2.05, 4.69) is 27.5 Å². The number of amides is 1. The third-order valence-electron chi connectivity index (χ3n) is 4.39. The molecular weight excluding hydrogens is 371 g/mol. The molecule has 2 aliphatic heterocycles. The number of likely N-dealkylation sites (N-methyl/N-ethyl adjacent to an activating group) is 1. The number of hydrogen-bond acceptors (Lipinski definition) is 4. The molecule has 0 radical (unpaired) electrons. The fourth-order valence-electron chi connectivity index (χ4n) is 2.95. The smallest absolute Gasteiger partial charge is 0.251 e. The van der Waals surface area contributed by atoms with E-state index < -0.39 is 0 Å². The van der Waals surface area contributed by atoms with E-state index in [9.17, 15) is 4.79 Å². The van der Waals surface area contributed by atoms with Crippen LogP contribution in [0.5, 0.6) is 0 Å². The van der Waals surface area contributed by atoms with E-state index in [1.165, 1.54) is 11.3 Å². The van der Waals surface area contributed by atoms with Gasteiger partial charge in [-0.3, -0.25) is 9.69 Å². The van der Waals surface area contributed by atoms with E-state index in [4.69, 9.17) is 0 Å². The van der Waals surface area contributed by atoms with Gasteiger partial charge >= 0.3 is 0 Å². The molecule has 1 amide bonds. The van der Waals surface area contributed by atoms with Crippen LogP contribution in [0.4, 0.5) is 5.69 Å². The number of hydrogen-bond donors (Lipinski definition) is 2. The van der Waals surface area contributed by atoms with Gasteiger partial charge in [0.05, 0.1) is 0 Å². The van der Waals surface area contributed by atoms with Crippen molar-refractivity contribution in [2.75, 3.05) is 58.2 Å². The topological polar surface area (TPSA) is 47.6 Å². The van der Waals surface area contributed by atoms with Crippen molar-refractivity contribution in [1.29, 1.82) is 0 Å². The van der Waals surface area contributed by atoms with Gasteiger partial charge in [0.15, 0.2) is 0 Å². The molecule has 5 nitrogen and oxygen atoms in total. The second-order valence-corrected chi connectivity index (χ2v) is 5.95. The molecule has 1 saturated heterocycles. The fourth-order valence-corrected chi connectivity index (χ4v) is 2.95. The average Bonchev–Trinajstić information content (AvgIpc) is 2.96.